The second kappa shape index (κ2) is 3.51. The van der Waals surface area contributed by atoms with Gasteiger partial charge in [0.05, 0.1) is 0 Å². The van der Waals surface area contributed by atoms with Gasteiger partial charge in [0.2, 0.25) is 0 Å². The molecular weight excluding hydrogens is 252 g/mol. The number of hydrogen-bond donors (Lipinski definition) is 0. The average Bonchev–Trinajstić information content (AvgIpc) is 2.56. The molecule has 1 aliphatic carbocycles. The third-order valence-corrected chi connectivity index (χ3v) is 4.19. The Labute approximate surface area is 99.0 Å². The van der Waals surface area contributed by atoms with E-state index in [0.29, 0.717) is 12.0 Å². The number of rotatable bonds is 0. The van der Waals surface area contributed by atoms with Gasteiger partial charge in [-0.2, -0.15) is 0 Å². The average molecular weight is 267 g/mol. The summed E-state index contributed by atoms with van der Waals surface area (Å²) < 4.78 is 7.16. The smallest absolute Gasteiger partial charge is 0.123 e. The maximum Gasteiger partial charge on any atom is 0.123 e. The van der Waals surface area contributed by atoms with Crippen LogP contribution in [0.2, 0.25) is 0 Å². The summed E-state index contributed by atoms with van der Waals surface area (Å²) in [5.74, 6) is 2.60. The minimum absolute atomic E-state index is 0.450. The van der Waals surface area contributed by atoms with Crippen molar-refractivity contribution in [3.05, 3.63) is 28.2 Å². The van der Waals surface area contributed by atoms with E-state index in [-0.39, 0.29) is 0 Å². The van der Waals surface area contributed by atoms with Gasteiger partial charge in [0.15, 0.2) is 0 Å². The zero-order chi connectivity index (χ0) is 10.4. The van der Waals surface area contributed by atoms with Gasteiger partial charge < -0.3 is 4.74 Å². The lowest BCUT2D eigenvalue weighted by atomic mass is 9.78. The Morgan fingerprint density at radius 3 is 3.07 bits per heavy atom. The molecule has 0 amide bonds. The van der Waals surface area contributed by atoms with Gasteiger partial charge in [-0.05, 0) is 43.4 Å². The highest BCUT2D eigenvalue weighted by atomic mass is 79.9. The molecule has 0 saturated heterocycles. The maximum absolute atomic E-state index is 5.99. The molecule has 1 fully saturated rings. The number of fused-ring (bicyclic) bond motifs is 3. The monoisotopic (exact) mass is 266 g/mol. The quantitative estimate of drug-likeness (QED) is 0.687. The lowest BCUT2D eigenvalue weighted by Gasteiger charge is -2.28. The Kier molecular flexibility index (Phi) is 2.27. The molecule has 3 atom stereocenters. The van der Waals surface area contributed by atoms with Crippen LogP contribution in [-0.2, 0) is 0 Å². The molecule has 1 aromatic carbocycles. The van der Waals surface area contributed by atoms with E-state index in [1.165, 1.54) is 29.3 Å². The number of ether oxygens (including phenoxy) is 1. The molecule has 1 saturated carbocycles. The van der Waals surface area contributed by atoms with Crippen molar-refractivity contribution in [1.82, 2.24) is 0 Å². The van der Waals surface area contributed by atoms with Gasteiger partial charge in [0.25, 0.3) is 0 Å². The van der Waals surface area contributed by atoms with Crippen molar-refractivity contribution in [3.63, 3.8) is 0 Å². The van der Waals surface area contributed by atoms with Gasteiger partial charge in [0, 0.05) is 16.0 Å². The number of benzene rings is 1. The van der Waals surface area contributed by atoms with E-state index in [1.54, 1.807) is 0 Å². The fourth-order valence-electron chi connectivity index (χ4n) is 2.90. The molecule has 0 spiro atoms. The molecule has 3 unspecified atom stereocenters. The standard InChI is InChI=1S/C13H15BrO/c1-8-2-4-12-10(6-8)11-7-9(14)3-5-13(11)15-12/h3,5,7-8,10,12H,2,4,6H2,1H3. The second-order valence-electron chi connectivity index (χ2n) is 4.86. The van der Waals surface area contributed by atoms with E-state index in [0.717, 1.165) is 11.7 Å². The third-order valence-electron chi connectivity index (χ3n) is 3.70. The zero-order valence-corrected chi connectivity index (χ0v) is 10.5. The first kappa shape index (κ1) is 9.71. The first-order valence-corrected chi connectivity index (χ1v) is 6.49. The maximum atomic E-state index is 5.99. The highest BCUT2D eigenvalue weighted by molar-refractivity contribution is 9.10. The Hall–Kier alpha value is -0.500. The Bertz CT molecular complexity index is 388. The molecule has 15 heavy (non-hydrogen) atoms. The third kappa shape index (κ3) is 1.59. The van der Waals surface area contributed by atoms with E-state index >= 15 is 0 Å². The van der Waals surface area contributed by atoms with Crippen molar-refractivity contribution in [2.24, 2.45) is 5.92 Å². The van der Waals surface area contributed by atoms with Crippen molar-refractivity contribution in [2.45, 2.75) is 38.2 Å². The van der Waals surface area contributed by atoms with E-state index in [9.17, 15) is 0 Å². The lowest BCUT2D eigenvalue weighted by molar-refractivity contribution is 0.142. The summed E-state index contributed by atoms with van der Waals surface area (Å²) in [6.45, 7) is 2.35. The molecule has 0 N–H and O–H groups in total. The van der Waals surface area contributed by atoms with E-state index < -0.39 is 0 Å². The Morgan fingerprint density at radius 1 is 1.33 bits per heavy atom. The van der Waals surface area contributed by atoms with Gasteiger partial charge in [-0.15, -0.1) is 0 Å². The van der Waals surface area contributed by atoms with Crippen molar-refractivity contribution in [3.8, 4) is 5.75 Å². The van der Waals surface area contributed by atoms with Gasteiger partial charge in [-0.1, -0.05) is 22.9 Å². The summed E-state index contributed by atoms with van der Waals surface area (Å²) in [6, 6.07) is 6.40. The molecule has 0 radical (unpaired) electrons. The summed E-state index contributed by atoms with van der Waals surface area (Å²) in [5.41, 5.74) is 1.42. The predicted octanol–water partition coefficient (Wildman–Crippen LogP) is 4.11. The van der Waals surface area contributed by atoms with Crippen LogP contribution >= 0.6 is 15.9 Å². The van der Waals surface area contributed by atoms with Crippen LogP contribution in [0.15, 0.2) is 22.7 Å². The summed E-state index contributed by atoms with van der Waals surface area (Å²) >= 11 is 3.54. The molecule has 0 aromatic heterocycles. The SMILES string of the molecule is CC1CCC2Oc3ccc(Br)cc3C2C1. The molecule has 1 heterocycles. The van der Waals surface area contributed by atoms with Gasteiger partial charge >= 0.3 is 0 Å². The Morgan fingerprint density at radius 2 is 2.20 bits per heavy atom. The van der Waals surface area contributed by atoms with Crippen LogP contribution in [0.3, 0.4) is 0 Å². The van der Waals surface area contributed by atoms with Crippen molar-refractivity contribution in [2.75, 3.05) is 0 Å². The highest BCUT2D eigenvalue weighted by Crippen LogP contribution is 2.47. The van der Waals surface area contributed by atoms with Crippen LogP contribution in [0.4, 0.5) is 0 Å². The first-order valence-electron chi connectivity index (χ1n) is 5.70. The molecular formula is C13H15BrO. The molecule has 3 rings (SSSR count). The van der Waals surface area contributed by atoms with Gasteiger partial charge in [0.1, 0.15) is 11.9 Å². The van der Waals surface area contributed by atoms with Gasteiger partial charge in [-0.25, -0.2) is 0 Å². The normalized spacial score (nSPS) is 33.1. The molecule has 1 aliphatic heterocycles. The first-order chi connectivity index (χ1) is 7.24. The zero-order valence-electron chi connectivity index (χ0n) is 8.87. The fourth-order valence-corrected chi connectivity index (χ4v) is 3.28. The minimum atomic E-state index is 0.450. The summed E-state index contributed by atoms with van der Waals surface area (Å²) in [5, 5.41) is 0. The summed E-state index contributed by atoms with van der Waals surface area (Å²) in [6.07, 6.45) is 4.27. The van der Waals surface area contributed by atoms with Crippen LogP contribution in [0.25, 0.3) is 0 Å². The van der Waals surface area contributed by atoms with Crippen molar-refractivity contribution < 1.29 is 4.74 Å². The second-order valence-corrected chi connectivity index (χ2v) is 5.78. The predicted molar refractivity (Wildman–Crippen MR) is 64.3 cm³/mol. The lowest BCUT2D eigenvalue weighted by Crippen LogP contribution is -2.26. The van der Waals surface area contributed by atoms with E-state index in [4.69, 9.17) is 4.74 Å². The minimum Gasteiger partial charge on any atom is -0.489 e. The van der Waals surface area contributed by atoms with Crippen LogP contribution in [0, 0.1) is 5.92 Å². The summed E-state index contributed by atoms with van der Waals surface area (Å²) in [7, 11) is 0. The largest absolute Gasteiger partial charge is 0.489 e. The summed E-state index contributed by atoms with van der Waals surface area (Å²) in [4.78, 5) is 0. The molecule has 0 bridgehead atoms. The molecule has 2 heteroatoms. The molecule has 80 valence electrons. The van der Waals surface area contributed by atoms with Crippen molar-refractivity contribution in [1.29, 1.82) is 0 Å². The van der Waals surface area contributed by atoms with Crippen molar-refractivity contribution >= 4 is 15.9 Å². The van der Waals surface area contributed by atoms with E-state index in [2.05, 4.69) is 41.1 Å². The fraction of sp³-hybridized carbons (Fsp3) is 0.538. The topological polar surface area (TPSA) is 9.23 Å². The highest BCUT2D eigenvalue weighted by Gasteiger charge is 2.38. The number of halogens is 1. The van der Waals surface area contributed by atoms with Crippen LogP contribution < -0.4 is 4.74 Å². The molecule has 2 aliphatic rings. The van der Waals surface area contributed by atoms with Crippen LogP contribution in [0.1, 0.15) is 37.7 Å². The van der Waals surface area contributed by atoms with Crippen LogP contribution in [-0.4, -0.2) is 6.10 Å². The number of hydrogen-bond acceptors (Lipinski definition) is 1. The molecule has 1 aromatic rings. The van der Waals surface area contributed by atoms with Crippen LogP contribution in [0.5, 0.6) is 5.75 Å². The van der Waals surface area contributed by atoms with E-state index in [1.807, 2.05) is 0 Å². The molecule has 1 nitrogen and oxygen atoms in total. The Balaban J connectivity index is 1.98. The van der Waals surface area contributed by atoms with Gasteiger partial charge in [-0.3, -0.25) is 0 Å².